The summed E-state index contributed by atoms with van der Waals surface area (Å²) in [5, 5.41) is 27.2. The van der Waals surface area contributed by atoms with E-state index in [1.54, 1.807) is 35.0 Å². The van der Waals surface area contributed by atoms with Crippen molar-refractivity contribution in [1.29, 1.82) is 0 Å². The Labute approximate surface area is 308 Å². The van der Waals surface area contributed by atoms with E-state index < -0.39 is 47.4 Å². The second-order valence-corrected chi connectivity index (χ2v) is 15.2. The number of methoxy groups -OCH3 is 2. The third-order valence-electron chi connectivity index (χ3n) is 9.27. The Hall–Kier alpha value is -3.85. The van der Waals surface area contributed by atoms with E-state index in [0.717, 1.165) is 12.0 Å². The van der Waals surface area contributed by atoms with E-state index in [-0.39, 0.29) is 36.1 Å². The van der Waals surface area contributed by atoms with Gasteiger partial charge in [-0.2, -0.15) is 0 Å². The highest BCUT2D eigenvalue weighted by Crippen LogP contribution is 2.32. The van der Waals surface area contributed by atoms with Crippen LogP contribution >= 0.6 is 0 Å². The number of nitrogens with one attached hydrogen (secondary N) is 2. The quantitative estimate of drug-likeness (QED) is 0.0913. The molecule has 3 N–H and O–H groups in total. The molecule has 1 saturated heterocycles. The topological polar surface area (TPSA) is 188 Å². The molecular weight excluding hydrogens is 676 g/mol. The zero-order valence-electron chi connectivity index (χ0n) is 32.5. The summed E-state index contributed by atoms with van der Waals surface area (Å²) in [7, 11) is 3.24. The fourth-order valence-electron chi connectivity index (χ4n) is 6.22. The van der Waals surface area contributed by atoms with Crippen LogP contribution in [-0.2, 0) is 30.3 Å². The van der Waals surface area contributed by atoms with Crippen LogP contribution in [0.4, 0.5) is 4.79 Å². The van der Waals surface area contributed by atoms with E-state index in [2.05, 4.69) is 29.3 Å². The monoisotopic (exact) mass is 738 g/mol. The number of hydrogen-bond acceptors (Lipinski definition) is 11. The van der Waals surface area contributed by atoms with E-state index in [9.17, 15) is 29.6 Å². The number of aliphatic hydroxyl groups excluding tert-OH is 1. The summed E-state index contributed by atoms with van der Waals surface area (Å²) in [6.45, 7) is 14.4. The zero-order valence-corrected chi connectivity index (χ0v) is 32.5. The molecule has 0 aliphatic carbocycles. The van der Waals surface area contributed by atoms with Gasteiger partial charge in [0.2, 0.25) is 11.8 Å². The molecule has 1 aromatic rings. The zero-order chi connectivity index (χ0) is 39.0. The fourth-order valence-corrected chi connectivity index (χ4v) is 6.22. The number of alkyl carbamates (subject to hydrolysis) is 1. The van der Waals surface area contributed by atoms with E-state index in [0.29, 0.717) is 63.5 Å². The maximum absolute atomic E-state index is 13.6. The maximum atomic E-state index is 13.6. The van der Waals surface area contributed by atoms with Crippen LogP contribution in [0.5, 0.6) is 11.5 Å². The third kappa shape index (κ3) is 15.8. The lowest BCUT2D eigenvalue weighted by Crippen LogP contribution is -2.51. The van der Waals surface area contributed by atoms with Gasteiger partial charge in [0.15, 0.2) is 18.1 Å². The van der Waals surface area contributed by atoms with Crippen molar-refractivity contribution in [2.24, 2.45) is 23.7 Å². The van der Waals surface area contributed by atoms with E-state index in [1.807, 2.05) is 32.0 Å². The number of amides is 3. The van der Waals surface area contributed by atoms with Crippen LogP contribution in [0.25, 0.3) is 0 Å². The Morgan fingerprint density at radius 1 is 1.02 bits per heavy atom. The predicted octanol–water partition coefficient (Wildman–Crippen LogP) is 4.55. The van der Waals surface area contributed by atoms with Gasteiger partial charge in [-0.15, -0.1) is 10.1 Å². The molecular formula is C37H62N4O11. The van der Waals surface area contributed by atoms with Gasteiger partial charge >= 0.3 is 6.09 Å². The second kappa shape index (κ2) is 21.6. The molecule has 52 heavy (non-hydrogen) atoms. The van der Waals surface area contributed by atoms with Crippen LogP contribution in [0, 0.1) is 33.8 Å². The molecule has 296 valence electrons. The molecule has 15 heteroatoms. The lowest BCUT2D eigenvalue weighted by molar-refractivity contribution is -0.754. The lowest BCUT2D eigenvalue weighted by atomic mass is 9.80. The first-order chi connectivity index (χ1) is 24.4. The Morgan fingerprint density at radius 3 is 2.25 bits per heavy atom. The van der Waals surface area contributed by atoms with Gasteiger partial charge in [-0.3, -0.25) is 9.59 Å². The molecule has 0 bridgehead atoms. The van der Waals surface area contributed by atoms with Crippen LogP contribution in [0.3, 0.4) is 0 Å². The minimum atomic E-state index is -1.07. The predicted molar refractivity (Wildman–Crippen MR) is 194 cm³/mol. The van der Waals surface area contributed by atoms with Crippen LogP contribution in [0.15, 0.2) is 18.2 Å². The molecule has 0 radical (unpaired) electrons. The van der Waals surface area contributed by atoms with Crippen molar-refractivity contribution in [2.45, 2.75) is 111 Å². The largest absolute Gasteiger partial charge is 0.493 e. The van der Waals surface area contributed by atoms with Crippen molar-refractivity contribution in [1.82, 2.24) is 15.5 Å². The number of ether oxygens (including phenoxy) is 4. The number of aliphatic hydroxyl groups is 1. The van der Waals surface area contributed by atoms with Crippen LogP contribution in [0.2, 0.25) is 0 Å². The summed E-state index contributed by atoms with van der Waals surface area (Å²) in [5.74, 6) is 0.0733. The molecule has 0 aromatic heterocycles. The molecule has 1 aromatic carbocycles. The highest BCUT2D eigenvalue weighted by molar-refractivity contribution is 5.79. The first kappa shape index (κ1) is 44.3. The Bertz CT molecular complexity index is 1280. The van der Waals surface area contributed by atoms with Gasteiger partial charge in [0.05, 0.1) is 25.9 Å². The normalized spacial score (nSPS) is 16.1. The SMILES string of the molecule is COCCCOc1cc(C[C@@H](C[C@H](NC(=O)OC(C)(C)C)[C@@H](O)C[C@H](C(=O)NC2CCN(C(=O)CO[N+](=O)[O-])CC2)C(C)C)C(C)C)ccc1OC. The Morgan fingerprint density at radius 2 is 1.69 bits per heavy atom. The van der Waals surface area contributed by atoms with Gasteiger partial charge in [-0.1, -0.05) is 33.8 Å². The average Bonchev–Trinajstić information content (AvgIpc) is 3.06. The fraction of sp³-hybridized carbons (Fsp3) is 0.757. The first-order valence-corrected chi connectivity index (χ1v) is 18.3. The number of carbonyl (C=O) groups is 3. The smallest absolute Gasteiger partial charge is 0.407 e. The summed E-state index contributed by atoms with van der Waals surface area (Å²) in [6.07, 6.45) is 1.14. The minimum absolute atomic E-state index is 0.0271. The minimum Gasteiger partial charge on any atom is -0.493 e. The van der Waals surface area contributed by atoms with Crippen molar-refractivity contribution in [2.75, 3.05) is 47.1 Å². The van der Waals surface area contributed by atoms with Crippen LogP contribution < -0.4 is 20.1 Å². The summed E-state index contributed by atoms with van der Waals surface area (Å²) in [6, 6.07) is 4.92. The highest BCUT2D eigenvalue weighted by atomic mass is 17.0. The van der Waals surface area contributed by atoms with Crippen molar-refractivity contribution in [3.05, 3.63) is 33.9 Å². The summed E-state index contributed by atoms with van der Waals surface area (Å²) in [4.78, 5) is 55.1. The summed E-state index contributed by atoms with van der Waals surface area (Å²) < 4.78 is 22.2. The van der Waals surface area contributed by atoms with Crippen molar-refractivity contribution < 1.29 is 48.4 Å². The number of carbonyl (C=O) groups excluding carboxylic acids is 3. The maximum Gasteiger partial charge on any atom is 0.407 e. The summed E-state index contributed by atoms with van der Waals surface area (Å²) >= 11 is 0. The molecule has 0 saturated carbocycles. The highest BCUT2D eigenvalue weighted by Gasteiger charge is 2.34. The number of nitrogens with zero attached hydrogens (tertiary/aromatic N) is 2. The molecule has 1 heterocycles. The van der Waals surface area contributed by atoms with Gasteiger partial charge in [0, 0.05) is 45.2 Å². The Balaban J connectivity index is 2.20. The molecule has 0 unspecified atom stereocenters. The average molecular weight is 739 g/mol. The van der Waals surface area contributed by atoms with Gasteiger partial charge in [-0.05, 0) is 88.3 Å². The van der Waals surface area contributed by atoms with E-state index in [1.165, 1.54) is 4.90 Å². The van der Waals surface area contributed by atoms with Gasteiger partial charge in [-0.25, -0.2) is 4.79 Å². The van der Waals surface area contributed by atoms with Crippen LogP contribution in [-0.4, -0.2) is 104 Å². The number of piperidine rings is 1. The molecule has 1 aliphatic heterocycles. The number of hydrogen-bond donors (Lipinski definition) is 3. The second-order valence-electron chi connectivity index (χ2n) is 15.2. The molecule has 1 aliphatic rings. The number of rotatable bonds is 21. The molecule has 15 nitrogen and oxygen atoms in total. The molecule has 2 rings (SSSR count). The summed E-state index contributed by atoms with van der Waals surface area (Å²) in [5.41, 5.74) is 0.268. The van der Waals surface area contributed by atoms with Crippen molar-refractivity contribution in [3.8, 4) is 11.5 Å². The molecule has 3 amide bonds. The van der Waals surface area contributed by atoms with E-state index in [4.69, 9.17) is 18.9 Å². The number of likely N-dealkylation sites (tertiary alicyclic amines) is 1. The van der Waals surface area contributed by atoms with Gasteiger partial charge < -0.3 is 44.4 Å². The lowest BCUT2D eigenvalue weighted by Gasteiger charge is -2.35. The van der Waals surface area contributed by atoms with Gasteiger partial charge in [0.1, 0.15) is 5.60 Å². The first-order valence-electron chi connectivity index (χ1n) is 18.3. The van der Waals surface area contributed by atoms with Gasteiger partial charge in [0.25, 0.3) is 5.09 Å². The molecule has 4 atom stereocenters. The van der Waals surface area contributed by atoms with E-state index >= 15 is 0 Å². The Kier molecular flexibility index (Phi) is 18.4. The van der Waals surface area contributed by atoms with Crippen molar-refractivity contribution >= 4 is 17.9 Å². The standard InChI is InChI=1S/C37H62N4O11/c1-24(2)27(19-26-11-12-32(49-9)33(20-26)50-18-10-17-48-8)21-30(39-36(45)52-37(5,6)7)31(42)22-29(25(3)4)35(44)38-28-13-15-40(16-14-28)34(43)23-51-41(46)47/h11-12,20,24-25,27-31,42H,10,13-19,21-23H2,1-9H3,(H,38,44)(H,39,45)/t27-,29-,30-,31-/m0/s1. The van der Waals surface area contributed by atoms with Crippen LogP contribution in [0.1, 0.15) is 86.1 Å². The van der Waals surface area contributed by atoms with Crippen molar-refractivity contribution in [3.63, 3.8) is 0 Å². The third-order valence-corrected chi connectivity index (χ3v) is 9.27. The molecule has 1 fully saturated rings. The number of benzene rings is 1. The molecule has 0 spiro atoms.